The average Bonchev–Trinajstić information content (AvgIpc) is 2.91. The van der Waals surface area contributed by atoms with Gasteiger partial charge in [-0.2, -0.15) is 0 Å². The molecule has 0 amide bonds. The predicted molar refractivity (Wildman–Crippen MR) is 87.2 cm³/mol. The molecular weight excluding hydrogens is 262 g/mol. The number of nitrogens with one attached hydrogen (secondary N) is 1. The molecule has 0 saturated carbocycles. The van der Waals surface area contributed by atoms with Crippen LogP contribution in [-0.4, -0.2) is 22.8 Å². The SMILES string of the molecule is CCOCCCn1ccnc1Nc1ccc(C(C)C)cc1. The first kappa shape index (κ1) is 15.6. The number of ether oxygens (including phenoxy) is 1. The number of nitrogens with zero attached hydrogens (tertiary/aromatic N) is 2. The molecule has 1 aromatic heterocycles. The number of rotatable bonds is 8. The molecule has 0 bridgehead atoms. The van der Waals surface area contributed by atoms with Crippen molar-refractivity contribution in [2.45, 2.75) is 39.7 Å². The zero-order valence-electron chi connectivity index (χ0n) is 13.2. The first-order valence-corrected chi connectivity index (χ1v) is 7.66. The second kappa shape index (κ2) is 7.84. The average molecular weight is 287 g/mol. The quantitative estimate of drug-likeness (QED) is 0.740. The lowest BCUT2D eigenvalue weighted by Gasteiger charge is -2.11. The minimum absolute atomic E-state index is 0.555. The minimum atomic E-state index is 0.555. The van der Waals surface area contributed by atoms with E-state index in [2.05, 4.69) is 53.0 Å². The second-order valence-electron chi connectivity index (χ2n) is 5.40. The van der Waals surface area contributed by atoms with Crippen LogP contribution in [0.25, 0.3) is 0 Å². The monoisotopic (exact) mass is 287 g/mol. The molecule has 114 valence electrons. The molecule has 2 aromatic rings. The van der Waals surface area contributed by atoms with E-state index < -0.39 is 0 Å². The molecule has 0 radical (unpaired) electrons. The highest BCUT2D eigenvalue weighted by molar-refractivity contribution is 5.54. The summed E-state index contributed by atoms with van der Waals surface area (Å²) in [6.45, 7) is 8.90. The molecule has 4 nitrogen and oxygen atoms in total. The van der Waals surface area contributed by atoms with Crippen molar-refractivity contribution < 1.29 is 4.74 Å². The maximum Gasteiger partial charge on any atom is 0.207 e. The number of aromatic nitrogens is 2. The molecule has 0 aliphatic rings. The van der Waals surface area contributed by atoms with Crippen molar-refractivity contribution in [2.24, 2.45) is 0 Å². The van der Waals surface area contributed by atoms with E-state index in [9.17, 15) is 0 Å². The van der Waals surface area contributed by atoms with Gasteiger partial charge in [0.15, 0.2) is 0 Å². The Hall–Kier alpha value is -1.81. The van der Waals surface area contributed by atoms with Gasteiger partial charge in [0, 0.05) is 37.8 Å². The highest BCUT2D eigenvalue weighted by Gasteiger charge is 2.04. The number of hydrogen-bond donors (Lipinski definition) is 1. The summed E-state index contributed by atoms with van der Waals surface area (Å²) in [7, 11) is 0. The fourth-order valence-corrected chi connectivity index (χ4v) is 2.18. The fraction of sp³-hybridized carbons (Fsp3) is 0.471. The van der Waals surface area contributed by atoms with Crippen molar-refractivity contribution in [3.8, 4) is 0 Å². The van der Waals surface area contributed by atoms with Gasteiger partial charge in [-0.05, 0) is 37.0 Å². The third kappa shape index (κ3) is 4.60. The largest absolute Gasteiger partial charge is 0.382 e. The predicted octanol–water partition coefficient (Wildman–Crippen LogP) is 4.18. The van der Waals surface area contributed by atoms with Crippen molar-refractivity contribution >= 4 is 11.6 Å². The Balaban J connectivity index is 1.95. The summed E-state index contributed by atoms with van der Waals surface area (Å²) < 4.78 is 7.49. The first-order chi connectivity index (χ1) is 10.2. The molecule has 4 heteroatoms. The summed E-state index contributed by atoms with van der Waals surface area (Å²) in [5.41, 5.74) is 2.41. The first-order valence-electron chi connectivity index (χ1n) is 7.66. The zero-order chi connectivity index (χ0) is 15.1. The molecule has 1 aromatic carbocycles. The van der Waals surface area contributed by atoms with Crippen LogP contribution in [0.15, 0.2) is 36.7 Å². The number of aryl methyl sites for hydroxylation is 1. The molecule has 0 aliphatic heterocycles. The Morgan fingerprint density at radius 3 is 2.67 bits per heavy atom. The van der Waals surface area contributed by atoms with Crippen molar-refractivity contribution in [1.82, 2.24) is 9.55 Å². The Morgan fingerprint density at radius 2 is 2.00 bits per heavy atom. The smallest absolute Gasteiger partial charge is 0.207 e. The Kier molecular flexibility index (Phi) is 5.81. The van der Waals surface area contributed by atoms with Gasteiger partial charge in [-0.15, -0.1) is 0 Å². The molecule has 2 rings (SSSR count). The summed E-state index contributed by atoms with van der Waals surface area (Å²) in [4.78, 5) is 4.38. The summed E-state index contributed by atoms with van der Waals surface area (Å²) in [5.74, 6) is 1.43. The molecule has 0 atom stereocenters. The summed E-state index contributed by atoms with van der Waals surface area (Å²) in [6.07, 6.45) is 4.81. The molecule has 0 spiro atoms. The van der Waals surface area contributed by atoms with Gasteiger partial charge in [-0.3, -0.25) is 0 Å². The van der Waals surface area contributed by atoms with E-state index >= 15 is 0 Å². The van der Waals surface area contributed by atoms with Gasteiger partial charge in [-0.1, -0.05) is 26.0 Å². The topological polar surface area (TPSA) is 39.1 Å². The van der Waals surface area contributed by atoms with E-state index in [0.717, 1.165) is 37.8 Å². The van der Waals surface area contributed by atoms with Gasteiger partial charge in [0.1, 0.15) is 0 Å². The van der Waals surface area contributed by atoms with Crippen LogP contribution in [0.3, 0.4) is 0 Å². The Morgan fingerprint density at radius 1 is 1.24 bits per heavy atom. The van der Waals surface area contributed by atoms with Crippen LogP contribution in [0.1, 0.15) is 38.7 Å². The lowest BCUT2D eigenvalue weighted by atomic mass is 10.0. The van der Waals surface area contributed by atoms with Gasteiger partial charge < -0.3 is 14.6 Å². The van der Waals surface area contributed by atoms with Crippen LogP contribution in [0.2, 0.25) is 0 Å². The van der Waals surface area contributed by atoms with Gasteiger partial charge >= 0.3 is 0 Å². The Labute approximate surface area is 127 Å². The Bertz CT molecular complexity index is 531. The maximum atomic E-state index is 5.37. The van der Waals surface area contributed by atoms with Crippen LogP contribution < -0.4 is 5.32 Å². The highest BCUT2D eigenvalue weighted by atomic mass is 16.5. The number of imidazole rings is 1. The van der Waals surface area contributed by atoms with E-state index in [-0.39, 0.29) is 0 Å². The van der Waals surface area contributed by atoms with Gasteiger partial charge in [-0.25, -0.2) is 4.98 Å². The number of hydrogen-bond acceptors (Lipinski definition) is 3. The lowest BCUT2D eigenvalue weighted by Crippen LogP contribution is -2.06. The summed E-state index contributed by atoms with van der Waals surface area (Å²) >= 11 is 0. The van der Waals surface area contributed by atoms with Crippen LogP contribution in [0, 0.1) is 0 Å². The standard InChI is InChI=1S/C17H25N3O/c1-4-21-13-5-11-20-12-10-18-17(20)19-16-8-6-15(7-9-16)14(2)3/h6-10,12,14H,4-5,11,13H2,1-3H3,(H,18,19). The van der Waals surface area contributed by atoms with Gasteiger partial charge in [0.05, 0.1) is 0 Å². The molecule has 0 saturated heterocycles. The normalized spacial score (nSPS) is 11.0. The van der Waals surface area contributed by atoms with Crippen LogP contribution in [0.4, 0.5) is 11.6 Å². The minimum Gasteiger partial charge on any atom is -0.382 e. The molecule has 1 heterocycles. The van der Waals surface area contributed by atoms with Crippen LogP contribution in [-0.2, 0) is 11.3 Å². The van der Waals surface area contributed by atoms with Crippen LogP contribution in [0.5, 0.6) is 0 Å². The molecule has 0 aliphatic carbocycles. The van der Waals surface area contributed by atoms with E-state index in [1.165, 1.54) is 5.56 Å². The fourth-order valence-electron chi connectivity index (χ4n) is 2.18. The van der Waals surface area contributed by atoms with Crippen LogP contribution >= 0.6 is 0 Å². The molecular formula is C17H25N3O. The zero-order valence-corrected chi connectivity index (χ0v) is 13.2. The maximum absolute atomic E-state index is 5.37. The van der Waals surface area contributed by atoms with E-state index in [0.29, 0.717) is 5.92 Å². The third-order valence-electron chi connectivity index (χ3n) is 3.44. The van der Waals surface area contributed by atoms with Gasteiger partial charge in [0.25, 0.3) is 0 Å². The molecule has 21 heavy (non-hydrogen) atoms. The lowest BCUT2D eigenvalue weighted by molar-refractivity contribution is 0.142. The summed E-state index contributed by atoms with van der Waals surface area (Å²) in [5, 5.41) is 3.37. The van der Waals surface area contributed by atoms with Gasteiger partial charge in [0.2, 0.25) is 5.95 Å². The van der Waals surface area contributed by atoms with Crippen molar-refractivity contribution in [1.29, 1.82) is 0 Å². The van der Waals surface area contributed by atoms with Crippen molar-refractivity contribution in [3.05, 3.63) is 42.2 Å². The van der Waals surface area contributed by atoms with Crippen molar-refractivity contribution in [3.63, 3.8) is 0 Å². The molecule has 1 N–H and O–H groups in total. The number of benzene rings is 1. The van der Waals surface area contributed by atoms with E-state index in [4.69, 9.17) is 4.74 Å². The number of anilines is 2. The van der Waals surface area contributed by atoms with E-state index in [1.54, 1.807) is 0 Å². The van der Waals surface area contributed by atoms with E-state index in [1.807, 2.05) is 19.3 Å². The molecule has 0 unspecified atom stereocenters. The summed E-state index contributed by atoms with van der Waals surface area (Å²) in [6, 6.07) is 8.54. The third-order valence-corrected chi connectivity index (χ3v) is 3.44. The van der Waals surface area contributed by atoms with Crippen molar-refractivity contribution in [2.75, 3.05) is 18.5 Å². The highest BCUT2D eigenvalue weighted by Crippen LogP contribution is 2.20. The molecule has 0 fully saturated rings. The second-order valence-corrected chi connectivity index (χ2v) is 5.40.